The summed E-state index contributed by atoms with van der Waals surface area (Å²) >= 11 is 0. The molecule has 29 heavy (non-hydrogen) atoms. The van der Waals surface area contributed by atoms with E-state index in [1.165, 1.54) is 12.0 Å². The van der Waals surface area contributed by atoms with E-state index < -0.39 is 29.9 Å². The van der Waals surface area contributed by atoms with Gasteiger partial charge in [-0.15, -0.1) is 0 Å². The van der Waals surface area contributed by atoms with Crippen molar-refractivity contribution >= 4 is 12.0 Å². The van der Waals surface area contributed by atoms with E-state index in [-0.39, 0.29) is 26.2 Å². The van der Waals surface area contributed by atoms with Gasteiger partial charge in [0.2, 0.25) is 0 Å². The van der Waals surface area contributed by atoms with Crippen LogP contribution in [0.1, 0.15) is 31.2 Å². The largest absolute Gasteiger partial charge is 0.445 e. The summed E-state index contributed by atoms with van der Waals surface area (Å²) in [6, 6.07) is 8.28. The standard InChI is InChI=1S/C20H28N2O7/c1-26-14-20(25)11-16(18(23)21-29-17-9-5-6-10-27-17)22(13-20)19(24)28-12-15-7-3-2-4-8-15/h2-4,7-8,16-17,25H,5-6,9-14H2,1H3,(H,21,23)/t16-,17?,20+/m0/s1. The van der Waals surface area contributed by atoms with Crippen molar-refractivity contribution in [1.82, 2.24) is 10.4 Å². The molecular weight excluding hydrogens is 380 g/mol. The van der Waals surface area contributed by atoms with Crippen LogP contribution in [0, 0.1) is 0 Å². The summed E-state index contributed by atoms with van der Waals surface area (Å²) in [5, 5.41) is 10.7. The molecule has 0 bridgehead atoms. The third-order valence-corrected chi connectivity index (χ3v) is 5.00. The van der Waals surface area contributed by atoms with Gasteiger partial charge in [-0.05, 0) is 18.4 Å². The number of β-amino-alcohol motifs (C(OH)–C–C–N with tert-alkyl or cyclic N) is 1. The van der Waals surface area contributed by atoms with Crippen molar-refractivity contribution < 1.29 is 33.7 Å². The predicted molar refractivity (Wildman–Crippen MR) is 101 cm³/mol. The van der Waals surface area contributed by atoms with E-state index >= 15 is 0 Å². The van der Waals surface area contributed by atoms with Gasteiger partial charge in [0.25, 0.3) is 5.91 Å². The molecule has 2 N–H and O–H groups in total. The van der Waals surface area contributed by atoms with Gasteiger partial charge in [-0.25, -0.2) is 15.1 Å². The minimum Gasteiger partial charge on any atom is -0.445 e. The molecule has 1 unspecified atom stereocenters. The van der Waals surface area contributed by atoms with Gasteiger partial charge in [-0.2, -0.15) is 0 Å². The number of methoxy groups -OCH3 is 1. The Morgan fingerprint density at radius 3 is 2.79 bits per heavy atom. The van der Waals surface area contributed by atoms with Crippen LogP contribution in [0.4, 0.5) is 4.79 Å². The SMILES string of the molecule is COC[C@@]1(O)C[C@@H](C(=O)NOC2CCCCO2)N(C(=O)OCc2ccccc2)C1. The number of amides is 2. The van der Waals surface area contributed by atoms with Crippen molar-refractivity contribution in [2.45, 2.75) is 50.2 Å². The van der Waals surface area contributed by atoms with Crippen molar-refractivity contribution in [3.63, 3.8) is 0 Å². The molecule has 3 rings (SSSR count). The first-order valence-corrected chi connectivity index (χ1v) is 9.76. The Bertz CT molecular complexity index is 681. The first-order valence-electron chi connectivity index (χ1n) is 9.76. The number of hydrogen-bond acceptors (Lipinski definition) is 7. The Hall–Kier alpha value is -2.20. The van der Waals surface area contributed by atoms with Gasteiger partial charge in [0.15, 0.2) is 6.29 Å². The highest BCUT2D eigenvalue weighted by Gasteiger charge is 2.49. The molecule has 1 aromatic rings. The third kappa shape index (κ3) is 5.89. The molecule has 2 fully saturated rings. The predicted octanol–water partition coefficient (Wildman–Crippen LogP) is 1.35. The number of likely N-dealkylation sites (tertiary alicyclic amines) is 1. The fourth-order valence-corrected chi connectivity index (χ4v) is 3.56. The summed E-state index contributed by atoms with van der Waals surface area (Å²) in [7, 11) is 1.45. The summed E-state index contributed by atoms with van der Waals surface area (Å²) < 4.78 is 15.8. The lowest BCUT2D eigenvalue weighted by molar-refractivity contribution is -0.202. The van der Waals surface area contributed by atoms with E-state index in [0.717, 1.165) is 18.4 Å². The van der Waals surface area contributed by atoms with Gasteiger partial charge in [-0.1, -0.05) is 30.3 Å². The number of aliphatic hydroxyl groups is 1. The van der Waals surface area contributed by atoms with Crippen LogP contribution >= 0.6 is 0 Å². The average molecular weight is 408 g/mol. The normalized spacial score (nSPS) is 26.9. The number of nitrogens with zero attached hydrogens (tertiary/aromatic N) is 1. The molecule has 1 aromatic carbocycles. The molecular formula is C20H28N2O7. The van der Waals surface area contributed by atoms with Crippen LogP contribution in [0.2, 0.25) is 0 Å². The lowest BCUT2D eigenvalue weighted by Crippen LogP contribution is -2.47. The molecule has 9 nitrogen and oxygen atoms in total. The fourth-order valence-electron chi connectivity index (χ4n) is 3.56. The zero-order valence-corrected chi connectivity index (χ0v) is 16.5. The molecule has 0 spiro atoms. The summed E-state index contributed by atoms with van der Waals surface area (Å²) in [6.07, 6.45) is 1.42. The van der Waals surface area contributed by atoms with E-state index in [9.17, 15) is 14.7 Å². The van der Waals surface area contributed by atoms with Gasteiger partial charge in [0.1, 0.15) is 18.2 Å². The molecule has 2 heterocycles. The molecule has 2 amide bonds. The highest BCUT2D eigenvalue weighted by atomic mass is 16.8. The Morgan fingerprint density at radius 1 is 1.31 bits per heavy atom. The molecule has 0 aromatic heterocycles. The molecule has 0 aliphatic carbocycles. The average Bonchev–Trinajstić information content (AvgIpc) is 3.09. The number of hydroxylamine groups is 1. The monoisotopic (exact) mass is 408 g/mol. The zero-order valence-electron chi connectivity index (χ0n) is 16.5. The topological polar surface area (TPSA) is 107 Å². The van der Waals surface area contributed by atoms with E-state index in [4.69, 9.17) is 19.0 Å². The molecule has 2 aliphatic rings. The Kier molecular flexibility index (Phi) is 7.43. The minimum absolute atomic E-state index is 0.00810. The lowest BCUT2D eigenvalue weighted by Gasteiger charge is -2.25. The Labute approximate surface area is 169 Å². The highest BCUT2D eigenvalue weighted by Crippen LogP contribution is 2.29. The van der Waals surface area contributed by atoms with Crippen molar-refractivity contribution in [2.24, 2.45) is 0 Å². The van der Waals surface area contributed by atoms with Gasteiger partial charge in [-0.3, -0.25) is 9.69 Å². The first-order chi connectivity index (χ1) is 14.0. The maximum Gasteiger partial charge on any atom is 0.410 e. The summed E-state index contributed by atoms with van der Waals surface area (Å²) in [5.41, 5.74) is 1.85. The van der Waals surface area contributed by atoms with E-state index in [1.807, 2.05) is 30.3 Å². The molecule has 3 atom stereocenters. The Balaban J connectivity index is 1.61. The van der Waals surface area contributed by atoms with Gasteiger partial charge >= 0.3 is 6.09 Å². The van der Waals surface area contributed by atoms with Crippen LogP contribution in [0.15, 0.2) is 30.3 Å². The summed E-state index contributed by atoms with van der Waals surface area (Å²) in [4.78, 5) is 31.9. The summed E-state index contributed by atoms with van der Waals surface area (Å²) in [6.45, 7) is 0.563. The van der Waals surface area contributed by atoms with Crippen molar-refractivity contribution in [1.29, 1.82) is 0 Å². The lowest BCUT2D eigenvalue weighted by atomic mass is 10.0. The van der Waals surface area contributed by atoms with E-state index in [0.29, 0.717) is 13.0 Å². The number of rotatable bonds is 7. The zero-order chi connectivity index (χ0) is 20.7. The maximum atomic E-state index is 12.7. The van der Waals surface area contributed by atoms with Crippen molar-refractivity contribution in [3.8, 4) is 0 Å². The molecule has 2 aliphatic heterocycles. The molecule has 160 valence electrons. The van der Waals surface area contributed by atoms with Crippen LogP contribution in [0.5, 0.6) is 0 Å². The first kappa shape index (κ1) is 21.5. The van der Waals surface area contributed by atoms with E-state index in [2.05, 4.69) is 5.48 Å². The highest BCUT2D eigenvalue weighted by molar-refractivity contribution is 5.86. The maximum absolute atomic E-state index is 12.7. The minimum atomic E-state index is -1.34. The number of carbonyl (C=O) groups is 2. The summed E-state index contributed by atoms with van der Waals surface area (Å²) in [5.74, 6) is -0.539. The second kappa shape index (κ2) is 10.0. The molecule has 0 radical (unpaired) electrons. The number of ether oxygens (including phenoxy) is 3. The Morgan fingerprint density at radius 2 is 2.10 bits per heavy atom. The van der Waals surface area contributed by atoms with Gasteiger partial charge in [0.05, 0.1) is 13.2 Å². The number of carbonyl (C=O) groups excluding carboxylic acids is 2. The fraction of sp³-hybridized carbons (Fsp3) is 0.600. The number of benzene rings is 1. The number of nitrogens with one attached hydrogen (secondary N) is 1. The van der Waals surface area contributed by atoms with Crippen LogP contribution in [0.3, 0.4) is 0 Å². The quantitative estimate of drug-likeness (QED) is 0.656. The van der Waals surface area contributed by atoms with Crippen LogP contribution in [0.25, 0.3) is 0 Å². The molecule has 0 saturated carbocycles. The van der Waals surface area contributed by atoms with Crippen LogP contribution in [-0.4, -0.2) is 66.8 Å². The van der Waals surface area contributed by atoms with Crippen molar-refractivity contribution in [2.75, 3.05) is 26.9 Å². The molecule has 2 saturated heterocycles. The van der Waals surface area contributed by atoms with Crippen LogP contribution < -0.4 is 5.48 Å². The molecule has 9 heteroatoms. The van der Waals surface area contributed by atoms with E-state index in [1.54, 1.807) is 0 Å². The van der Waals surface area contributed by atoms with Gasteiger partial charge in [0, 0.05) is 26.6 Å². The van der Waals surface area contributed by atoms with Gasteiger partial charge < -0.3 is 19.3 Å². The van der Waals surface area contributed by atoms with Crippen molar-refractivity contribution in [3.05, 3.63) is 35.9 Å². The third-order valence-electron chi connectivity index (χ3n) is 5.00. The second-order valence-electron chi connectivity index (χ2n) is 7.43. The second-order valence-corrected chi connectivity index (χ2v) is 7.43. The smallest absolute Gasteiger partial charge is 0.410 e. The number of hydrogen-bond donors (Lipinski definition) is 2. The van der Waals surface area contributed by atoms with Crippen LogP contribution in [-0.2, 0) is 30.4 Å².